The highest BCUT2D eigenvalue weighted by atomic mass is 35.5. The number of sulfone groups is 1. The van der Waals surface area contributed by atoms with Gasteiger partial charge in [0.1, 0.15) is 17.7 Å². The van der Waals surface area contributed by atoms with Gasteiger partial charge in [-0.1, -0.05) is 117 Å². The van der Waals surface area contributed by atoms with Crippen LogP contribution in [0.25, 0.3) is 11.2 Å². The van der Waals surface area contributed by atoms with Crippen molar-refractivity contribution in [2.24, 2.45) is 0 Å². The second-order valence-electron chi connectivity index (χ2n) is 14.0. The summed E-state index contributed by atoms with van der Waals surface area (Å²) in [5.74, 6) is -0.403. The van der Waals surface area contributed by atoms with Gasteiger partial charge in [0, 0.05) is 6.61 Å². The predicted molar refractivity (Wildman–Crippen MR) is 204 cm³/mol. The number of aliphatic hydroxyl groups is 1. The predicted octanol–water partition coefficient (Wildman–Crippen LogP) is 7.65. The van der Waals surface area contributed by atoms with E-state index in [1.54, 1.807) is 0 Å². The number of hydrogen-bond acceptors (Lipinski definition) is 12. The van der Waals surface area contributed by atoms with Gasteiger partial charge in [-0.3, -0.25) is 13.6 Å². The van der Waals surface area contributed by atoms with Crippen LogP contribution in [0.15, 0.2) is 6.33 Å². The first-order valence-corrected chi connectivity index (χ1v) is 23.1. The van der Waals surface area contributed by atoms with Crippen molar-refractivity contribution >= 4 is 46.2 Å². The standard InChI is InChI=1S/C35H62ClFN5O9PS/c1-3-5-7-9-11-13-14-16-18-20-22-53(46,47)25-27(48-21-19-17-15-12-10-8-6-4-2)23-49-52(44,45)50-24-28-31(43)29(37)34(51-28)42-26-39-30-32(38)40-35(36)41-33(30)42/h26-29,31,34,43H,3-25H2,1-2H3,(H,44,45)(H2,38,40,41)/t27?,28-,29+,31-,34-/m1/s1. The van der Waals surface area contributed by atoms with Gasteiger partial charge in [0.2, 0.25) is 5.28 Å². The van der Waals surface area contributed by atoms with E-state index in [0.717, 1.165) is 51.4 Å². The molecule has 306 valence electrons. The maximum Gasteiger partial charge on any atom is 0.472 e. The summed E-state index contributed by atoms with van der Waals surface area (Å²) in [6, 6.07) is 0. The average molecular weight is 814 g/mol. The molecule has 1 aliphatic heterocycles. The van der Waals surface area contributed by atoms with Crippen LogP contribution in [0.3, 0.4) is 0 Å². The number of nitrogens with two attached hydrogens (primary N) is 1. The number of unbranched alkanes of at least 4 members (excludes halogenated alkanes) is 16. The van der Waals surface area contributed by atoms with E-state index in [9.17, 15) is 23.0 Å². The van der Waals surface area contributed by atoms with Crippen molar-refractivity contribution in [3.05, 3.63) is 11.6 Å². The summed E-state index contributed by atoms with van der Waals surface area (Å²) >= 11 is 5.90. The molecule has 2 unspecified atom stereocenters. The molecule has 0 bridgehead atoms. The summed E-state index contributed by atoms with van der Waals surface area (Å²) in [4.78, 5) is 22.4. The SMILES string of the molecule is CCCCCCCCCCCCS(=O)(=O)CC(COP(=O)(O)OC[C@H]1O[C@@H](n2cnc3c(N)nc(Cl)nc32)[C@@H](F)[C@@H]1O)OCCCCCCCCCC. The van der Waals surface area contributed by atoms with E-state index in [0.29, 0.717) is 6.42 Å². The zero-order valence-electron chi connectivity index (χ0n) is 31.5. The number of imidazole rings is 1. The lowest BCUT2D eigenvalue weighted by molar-refractivity contribution is -0.0485. The van der Waals surface area contributed by atoms with Crippen LogP contribution in [0.2, 0.25) is 5.28 Å². The van der Waals surface area contributed by atoms with Gasteiger partial charge in [-0.25, -0.2) is 22.4 Å². The fourth-order valence-electron chi connectivity index (χ4n) is 6.35. The summed E-state index contributed by atoms with van der Waals surface area (Å²) in [5.41, 5.74) is 6.05. The molecule has 3 heterocycles. The fraction of sp³-hybridized carbons (Fsp3) is 0.857. The van der Waals surface area contributed by atoms with E-state index in [2.05, 4.69) is 28.8 Å². The van der Waals surface area contributed by atoms with Gasteiger partial charge in [-0.2, -0.15) is 9.97 Å². The van der Waals surface area contributed by atoms with Crippen LogP contribution < -0.4 is 5.73 Å². The molecule has 53 heavy (non-hydrogen) atoms. The maximum atomic E-state index is 15.2. The molecular formula is C35H62ClFN5O9PS. The van der Waals surface area contributed by atoms with Gasteiger partial charge in [0.15, 0.2) is 33.7 Å². The molecule has 4 N–H and O–H groups in total. The summed E-state index contributed by atoms with van der Waals surface area (Å²) in [6.07, 6.45) is 13.1. The molecule has 0 radical (unpaired) electrons. The van der Waals surface area contributed by atoms with Crippen LogP contribution in [0.4, 0.5) is 10.2 Å². The van der Waals surface area contributed by atoms with E-state index in [1.807, 2.05) is 0 Å². The largest absolute Gasteiger partial charge is 0.472 e. The molecule has 3 rings (SSSR count). The summed E-state index contributed by atoms with van der Waals surface area (Å²) < 4.78 is 77.2. The number of anilines is 1. The van der Waals surface area contributed by atoms with Crippen molar-refractivity contribution in [2.45, 2.75) is 160 Å². The van der Waals surface area contributed by atoms with Crippen LogP contribution in [0.1, 0.15) is 136 Å². The second-order valence-corrected chi connectivity index (χ2v) is 18.0. The molecular weight excluding hydrogens is 752 g/mol. The van der Waals surface area contributed by atoms with Gasteiger partial charge in [-0.15, -0.1) is 0 Å². The lowest BCUT2D eigenvalue weighted by Crippen LogP contribution is -2.32. The number of nitrogens with zero attached hydrogens (tertiary/aromatic N) is 4. The van der Waals surface area contributed by atoms with Crippen LogP contribution in [-0.4, -0.2) is 93.7 Å². The smallest absolute Gasteiger partial charge is 0.387 e. The van der Waals surface area contributed by atoms with E-state index >= 15 is 4.39 Å². The third-order valence-corrected chi connectivity index (χ3v) is 12.3. The third kappa shape index (κ3) is 16.6. The first-order chi connectivity index (χ1) is 25.4. The van der Waals surface area contributed by atoms with Gasteiger partial charge in [0.05, 0.1) is 37.2 Å². The maximum absolute atomic E-state index is 15.2. The van der Waals surface area contributed by atoms with Crippen molar-refractivity contribution in [1.82, 2.24) is 19.5 Å². The topological polar surface area (TPSA) is 198 Å². The molecule has 14 nitrogen and oxygen atoms in total. The zero-order chi connectivity index (χ0) is 38.7. The van der Waals surface area contributed by atoms with Crippen molar-refractivity contribution in [2.75, 3.05) is 37.1 Å². The molecule has 0 amide bonds. The number of hydrogen-bond donors (Lipinski definition) is 3. The first-order valence-electron chi connectivity index (χ1n) is 19.4. The van der Waals surface area contributed by atoms with Crippen LogP contribution >= 0.6 is 19.4 Å². The van der Waals surface area contributed by atoms with Gasteiger partial charge in [0.25, 0.3) is 0 Å². The average Bonchev–Trinajstić information content (AvgIpc) is 3.65. The van der Waals surface area contributed by atoms with E-state index in [1.165, 1.54) is 68.7 Å². The lowest BCUT2D eigenvalue weighted by atomic mass is 10.1. The van der Waals surface area contributed by atoms with Gasteiger partial charge in [-0.05, 0) is 24.4 Å². The minimum Gasteiger partial charge on any atom is -0.387 e. The van der Waals surface area contributed by atoms with E-state index in [4.69, 9.17) is 35.9 Å². The number of phosphoric ester groups is 1. The molecule has 1 aliphatic rings. The Kier molecular flexibility index (Phi) is 21.0. The van der Waals surface area contributed by atoms with Crippen LogP contribution in [0.5, 0.6) is 0 Å². The molecule has 1 fully saturated rings. The van der Waals surface area contributed by atoms with Crippen molar-refractivity contribution in [1.29, 1.82) is 0 Å². The molecule has 0 spiro atoms. The Morgan fingerprint density at radius 2 is 1.51 bits per heavy atom. The van der Waals surface area contributed by atoms with Crippen molar-refractivity contribution < 1.29 is 45.9 Å². The highest BCUT2D eigenvalue weighted by Crippen LogP contribution is 2.45. The molecule has 0 aromatic carbocycles. The highest BCUT2D eigenvalue weighted by molar-refractivity contribution is 7.91. The lowest BCUT2D eigenvalue weighted by Gasteiger charge is -2.21. The molecule has 0 aliphatic carbocycles. The Morgan fingerprint density at radius 1 is 0.943 bits per heavy atom. The quantitative estimate of drug-likeness (QED) is 0.0395. The van der Waals surface area contributed by atoms with Gasteiger partial charge < -0.3 is 25.2 Å². The zero-order valence-corrected chi connectivity index (χ0v) is 33.9. The Hall–Kier alpha value is -1.49. The van der Waals surface area contributed by atoms with E-state index < -0.39 is 61.6 Å². The summed E-state index contributed by atoms with van der Waals surface area (Å²) in [6.45, 7) is 3.42. The van der Waals surface area contributed by atoms with Crippen molar-refractivity contribution in [3.8, 4) is 0 Å². The Balaban J connectivity index is 1.49. The second kappa shape index (κ2) is 24.2. The number of aromatic nitrogens is 4. The number of phosphoric acid groups is 1. The molecule has 1 saturated heterocycles. The number of aliphatic hydroxyl groups excluding tert-OH is 1. The normalized spacial score (nSPS) is 21.0. The molecule has 2 aromatic rings. The van der Waals surface area contributed by atoms with Crippen LogP contribution in [-0.2, 0) is 32.9 Å². The monoisotopic (exact) mass is 813 g/mol. The minimum absolute atomic E-state index is 0.00604. The number of nitrogen functional groups attached to an aromatic ring is 1. The van der Waals surface area contributed by atoms with Gasteiger partial charge >= 0.3 is 7.82 Å². The summed E-state index contributed by atoms with van der Waals surface area (Å²) in [7, 11) is -8.36. The molecule has 18 heteroatoms. The Morgan fingerprint density at radius 3 is 2.11 bits per heavy atom. The summed E-state index contributed by atoms with van der Waals surface area (Å²) in [5, 5.41) is 10.3. The number of halogens is 2. The van der Waals surface area contributed by atoms with Crippen molar-refractivity contribution in [3.63, 3.8) is 0 Å². The number of ether oxygens (including phenoxy) is 2. The fourth-order valence-corrected chi connectivity index (χ4v) is 8.86. The van der Waals surface area contributed by atoms with E-state index in [-0.39, 0.29) is 40.4 Å². The Labute approximate surface area is 319 Å². The first kappa shape index (κ1) is 45.9. The third-order valence-electron chi connectivity index (χ3n) is 9.41. The highest BCUT2D eigenvalue weighted by Gasteiger charge is 2.47. The molecule has 0 saturated carbocycles. The minimum atomic E-state index is -4.81. The molecule has 6 atom stereocenters. The number of fused-ring (bicyclic) bond motifs is 1. The molecule has 2 aromatic heterocycles. The Bertz CT molecular complexity index is 1490. The number of alkyl halides is 1. The number of rotatable bonds is 30. The van der Waals surface area contributed by atoms with Crippen LogP contribution in [0, 0.1) is 0 Å².